The number of imide groups is 1. The van der Waals surface area contributed by atoms with Crippen LogP contribution in [0.4, 0.5) is 9.59 Å². The molecule has 0 spiro atoms. The van der Waals surface area contributed by atoms with Gasteiger partial charge in [-0.05, 0) is 20.8 Å². The van der Waals surface area contributed by atoms with E-state index in [1.807, 2.05) is 0 Å². The molecule has 0 radical (unpaired) electrons. The Morgan fingerprint density at radius 1 is 1.31 bits per heavy atom. The third-order valence-corrected chi connectivity index (χ3v) is 3.14. The van der Waals surface area contributed by atoms with E-state index in [1.54, 1.807) is 20.8 Å². The summed E-state index contributed by atoms with van der Waals surface area (Å²) in [6.07, 6.45) is -0.802. The van der Waals surface area contributed by atoms with Gasteiger partial charge in [0.2, 0.25) is 5.91 Å². The van der Waals surface area contributed by atoms with Crippen LogP contribution in [0.15, 0.2) is 0 Å². The predicted molar refractivity (Wildman–Crippen MR) is 84.3 cm³/mol. The second-order valence-corrected chi connectivity index (χ2v) is 6.37. The zero-order chi connectivity index (χ0) is 19.3. The number of aromatic amines is 1. The summed E-state index contributed by atoms with van der Waals surface area (Å²) in [6, 6.07) is -1.77. The minimum atomic E-state index is -1.05. The summed E-state index contributed by atoms with van der Waals surface area (Å²) in [5, 5.41) is 20.1. The molecular formula is C13H20N8O5. The quantitative estimate of drug-likeness (QED) is 0.474. The molecule has 13 heteroatoms. The van der Waals surface area contributed by atoms with Crippen LogP contribution in [0.1, 0.15) is 26.6 Å². The number of nitrogens with zero attached hydrogens (tertiary/aromatic N) is 4. The lowest BCUT2D eigenvalue weighted by Crippen LogP contribution is -2.51. The van der Waals surface area contributed by atoms with Crippen LogP contribution in [0.3, 0.4) is 0 Å². The van der Waals surface area contributed by atoms with Gasteiger partial charge in [-0.25, -0.2) is 14.5 Å². The molecule has 1 saturated heterocycles. The molecule has 1 atom stereocenters. The first-order valence-electron chi connectivity index (χ1n) is 7.74. The zero-order valence-electron chi connectivity index (χ0n) is 14.5. The van der Waals surface area contributed by atoms with Gasteiger partial charge in [-0.2, -0.15) is 5.21 Å². The molecule has 142 valence electrons. The molecule has 1 fully saturated rings. The van der Waals surface area contributed by atoms with Crippen LogP contribution >= 0.6 is 0 Å². The second kappa shape index (κ2) is 7.76. The molecule has 0 aromatic carbocycles. The first kappa shape index (κ1) is 19.1. The molecule has 0 aliphatic carbocycles. The lowest BCUT2D eigenvalue weighted by atomic mass is 10.2. The summed E-state index contributed by atoms with van der Waals surface area (Å²) in [5.74, 6) is -1.07. The fourth-order valence-corrected chi connectivity index (χ4v) is 2.09. The Morgan fingerprint density at radius 2 is 2.04 bits per heavy atom. The van der Waals surface area contributed by atoms with Crippen molar-refractivity contribution in [2.24, 2.45) is 0 Å². The summed E-state index contributed by atoms with van der Waals surface area (Å²) < 4.78 is 5.01. The molecule has 1 aliphatic heterocycles. The standard InChI is InChI=1S/C13H20N8O5/c1-13(2,3)26-12(25)16-6-9(22)21-7(4-15-11(21)24)10(23)14-5-8-17-19-20-18-8/h7H,4-6H2,1-3H3,(H,14,23)(H,15,24)(H,16,25)(H,17,18,19,20)/t7-/m0/s1. The Labute approximate surface area is 148 Å². The van der Waals surface area contributed by atoms with E-state index in [0.29, 0.717) is 0 Å². The molecule has 0 saturated carbocycles. The maximum Gasteiger partial charge on any atom is 0.408 e. The number of urea groups is 1. The SMILES string of the molecule is CC(C)(C)OC(=O)NCC(=O)N1C(=O)NC[C@H]1C(=O)NCc1nn[nH]n1. The molecule has 0 unspecified atom stereocenters. The van der Waals surface area contributed by atoms with E-state index in [-0.39, 0.29) is 18.9 Å². The molecule has 4 N–H and O–H groups in total. The number of hydrogen-bond donors (Lipinski definition) is 4. The van der Waals surface area contributed by atoms with Crippen molar-refractivity contribution >= 4 is 23.9 Å². The predicted octanol–water partition coefficient (Wildman–Crippen LogP) is -1.74. The molecular weight excluding hydrogens is 348 g/mol. The third-order valence-electron chi connectivity index (χ3n) is 3.14. The maximum atomic E-state index is 12.2. The molecule has 26 heavy (non-hydrogen) atoms. The van der Waals surface area contributed by atoms with Gasteiger partial charge < -0.3 is 20.7 Å². The van der Waals surface area contributed by atoms with Crippen molar-refractivity contribution < 1.29 is 23.9 Å². The van der Waals surface area contributed by atoms with E-state index in [2.05, 4.69) is 36.6 Å². The molecule has 1 aromatic rings. The topological polar surface area (TPSA) is 171 Å². The molecule has 5 amide bonds. The maximum absolute atomic E-state index is 12.2. The monoisotopic (exact) mass is 368 g/mol. The highest BCUT2D eigenvalue weighted by Gasteiger charge is 2.40. The van der Waals surface area contributed by atoms with Crippen LogP contribution < -0.4 is 16.0 Å². The first-order chi connectivity index (χ1) is 12.2. The number of alkyl carbamates (subject to hydrolysis) is 1. The number of aromatic nitrogens is 4. The largest absolute Gasteiger partial charge is 0.444 e. The van der Waals surface area contributed by atoms with Crippen molar-refractivity contribution in [1.29, 1.82) is 0 Å². The zero-order valence-corrected chi connectivity index (χ0v) is 14.5. The first-order valence-corrected chi connectivity index (χ1v) is 7.74. The minimum Gasteiger partial charge on any atom is -0.444 e. The highest BCUT2D eigenvalue weighted by atomic mass is 16.6. The van der Waals surface area contributed by atoms with Crippen LogP contribution in [0, 0.1) is 0 Å². The second-order valence-electron chi connectivity index (χ2n) is 6.37. The Bertz CT molecular complexity index is 683. The van der Waals surface area contributed by atoms with Gasteiger partial charge in [0.1, 0.15) is 18.2 Å². The number of rotatable bonds is 5. The van der Waals surface area contributed by atoms with Crippen molar-refractivity contribution in [1.82, 2.24) is 41.5 Å². The van der Waals surface area contributed by atoms with E-state index >= 15 is 0 Å². The third kappa shape index (κ3) is 5.12. The van der Waals surface area contributed by atoms with Gasteiger partial charge in [0.15, 0.2) is 5.82 Å². The summed E-state index contributed by atoms with van der Waals surface area (Å²) in [7, 11) is 0. The van der Waals surface area contributed by atoms with E-state index in [9.17, 15) is 19.2 Å². The lowest BCUT2D eigenvalue weighted by molar-refractivity contribution is -0.135. The molecule has 1 aliphatic rings. The van der Waals surface area contributed by atoms with E-state index in [1.165, 1.54) is 0 Å². The number of amides is 5. The normalized spacial score (nSPS) is 16.8. The fourth-order valence-electron chi connectivity index (χ4n) is 2.09. The van der Waals surface area contributed by atoms with Crippen LogP contribution in [0.25, 0.3) is 0 Å². The number of ether oxygens (including phenoxy) is 1. The van der Waals surface area contributed by atoms with Crippen molar-refractivity contribution in [3.05, 3.63) is 5.82 Å². The Balaban J connectivity index is 1.90. The van der Waals surface area contributed by atoms with E-state index in [0.717, 1.165) is 4.90 Å². The molecule has 2 heterocycles. The molecule has 13 nitrogen and oxygen atoms in total. The Hall–Kier alpha value is -3.25. The highest BCUT2D eigenvalue weighted by Crippen LogP contribution is 2.09. The number of nitrogens with one attached hydrogen (secondary N) is 4. The molecule has 0 bridgehead atoms. The average Bonchev–Trinajstić information content (AvgIpc) is 3.18. The smallest absolute Gasteiger partial charge is 0.408 e. The fraction of sp³-hybridized carbons (Fsp3) is 0.615. The molecule has 1 aromatic heterocycles. The van der Waals surface area contributed by atoms with Gasteiger partial charge >= 0.3 is 12.1 Å². The molecule has 2 rings (SSSR count). The van der Waals surface area contributed by atoms with E-state index in [4.69, 9.17) is 4.74 Å². The Morgan fingerprint density at radius 3 is 2.65 bits per heavy atom. The number of hydrogen-bond acceptors (Lipinski definition) is 8. The van der Waals surface area contributed by atoms with Gasteiger partial charge in [0.25, 0.3) is 5.91 Å². The highest BCUT2D eigenvalue weighted by molar-refractivity contribution is 6.03. The summed E-state index contributed by atoms with van der Waals surface area (Å²) in [5.41, 5.74) is -0.726. The van der Waals surface area contributed by atoms with Crippen molar-refractivity contribution in [3.8, 4) is 0 Å². The van der Waals surface area contributed by atoms with Gasteiger partial charge in [-0.1, -0.05) is 5.21 Å². The van der Waals surface area contributed by atoms with Crippen LogP contribution in [0.5, 0.6) is 0 Å². The lowest BCUT2D eigenvalue weighted by Gasteiger charge is -2.22. The number of tetrazole rings is 1. The van der Waals surface area contributed by atoms with Crippen LogP contribution in [0.2, 0.25) is 0 Å². The van der Waals surface area contributed by atoms with Crippen LogP contribution in [-0.4, -0.2) is 74.2 Å². The summed E-state index contributed by atoms with van der Waals surface area (Å²) in [6.45, 7) is 4.47. The van der Waals surface area contributed by atoms with Crippen molar-refractivity contribution in [2.75, 3.05) is 13.1 Å². The van der Waals surface area contributed by atoms with Gasteiger partial charge in [-0.15, -0.1) is 10.2 Å². The van der Waals surface area contributed by atoms with E-state index < -0.39 is 42.1 Å². The van der Waals surface area contributed by atoms with Gasteiger partial charge in [0.05, 0.1) is 6.54 Å². The van der Waals surface area contributed by atoms with Gasteiger partial charge in [-0.3, -0.25) is 9.59 Å². The van der Waals surface area contributed by atoms with Crippen molar-refractivity contribution in [2.45, 2.75) is 39.0 Å². The Kier molecular flexibility index (Phi) is 5.69. The average molecular weight is 368 g/mol. The number of carbonyl (C=O) groups is 4. The van der Waals surface area contributed by atoms with Gasteiger partial charge in [0, 0.05) is 6.54 Å². The summed E-state index contributed by atoms with van der Waals surface area (Å²) >= 11 is 0. The summed E-state index contributed by atoms with van der Waals surface area (Å²) in [4.78, 5) is 48.7. The van der Waals surface area contributed by atoms with Crippen LogP contribution in [-0.2, 0) is 20.9 Å². The van der Waals surface area contributed by atoms with Crippen molar-refractivity contribution in [3.63, 3.8) is 0 Å². The number of carbonyl (C=O) groups excluding carboxylic acids is 4. The number of H-pyrrole nitrogens is 1. The minimum absolute atomic E-state index is 0.0157.